The Balaban J connectivity index is 1.48. The monoisotopic (exact) mass is 295 g/mol. The van der Waals surface area contributed by atoms with Gasteiger partial charge in [-0.25, -0.2) is 0 Å². The lowest BCUT2D eigenvalue weighted by Crippen LogP contribution is -2.42. The minimum absolute atomic E-state index is 0.0136. The highest BCUT2D eigenvalue weighted by Gasteiger charge is 2.30. The zero-order valence-corrected chi connectivity index (χ0v) is 12.1. The average molecular weight is 295 g/mol. The molecule has 1 amide bonds. The Morgan fingerprint density at radius 3 is 3.09 bits per heavy atom. The third-order valence-corrected chi connectivity index (χ3v) is 4.20. The number of aromatic nitrogens is 1. The fourth-order valence-corrected chi connectivity index (χ4v) is 3.08. The van der Waals surface area contributed by atoms with Gasteiger partial charge in [0.25, 0.3) is 0 Å². The van der Waals surface area contributed by atoms with Crippen LogP contribution >= 0.6 is 0 Å². The van der Waals surface area contributed by atoms with Crippen molar-refractivity contribution in [2.75, 3.05) is 11.9 Å². The van der Waals surface area contributed by atoms with E-state index in [1.54, 1.807) is 6.20 Å². The lowest BCUT2D eigenvalue weighted by molar-refractivity contribution is -0.122. The Bertz CT molecular complexity index is 692. The molecule has 2 aliphatic heterocycles. The van der Waals surface area contributed by atoms with Gasteiger partial charge in [0.1, 0.15) is 17.5 Å². The first kappa shape index (κ1) is 13.1. The molecule has 3 heterocycles. The molecule has 2 N–H and O–H groups in total. The Morgan fingerprint density at radius 1 is 1.27 bits per heavy atom. The summed E-state index contributed by atoms with van der Waals surface area (Å²) in [5, 5.41) is 6.39. The minimum atomic E-state index is -0.215. The molecule has 2 unspecified atom stereocenters. The van der Waals surface area contributed by atoms with Crippen molar-refractivity contribution >= 4 is 11.6 Å². The van der Waals surface area contributed by atoms with Crippen LogP contribution in [0, 0.1) is 0 Å². The maximum absolute atomic E-state index is 12.5. The number of pyridine rings is 1. The van der Waals surface area contributed by atoms with E-state index in [-0.39, 0.29) is 18.0 Å². The van der Waals surface area contributed by atoms with Crippen LogP contribution in [-0.4, -0.2) is 23.5 Å². The molecule has 5 heteroatoms. The van der Waals surface area contributed by atoms with Crippen LogP contribution in [0.5, 0.6) is 5.75 Å². The van der Waals surface area contributed by atoms with E-state index in [9.17, 15) is 4.79 Å². The van der Waals surface area contributed by atoms with Crippen LogP contribution in [0.15, 0.2) is 42.6 Å². The lowest BCUT2D eigenvalue weighted by Gasteiger charge is -2.26. The van der Waals surface area contributed by atoms with Gasteiger partial charge >= 0.3 is 0 Å². The molecular formula is C17H17N3O2. The highest BCUT2D eigenvalue weighted by molar-refractivity contribution is 5.87. The summed E-state index contributed by atoms with van der Waals surface area (Å²) < 4.78 is 5.58. The first-order chi connectivity index (χ1) is 10.8. The zero-order valence-electron chi connectivity index (χ0n) is 12.1. The second-order valence-corrected chi connectivity index (χ2v) is 5.64. The van der Waals surface area contributed by atoms with Gasteiger partial charge in [0.2, 0.25) is 5.91 Å². The van der Waals surface area contributed by atoms with Crippen molar-refractivity contribution in [3.8, 4) is 5.75 Å². The summed E-state index contributed by atoms with van der Waals surface area (Å²) in [5.41, 5.74) is 3.05. The van der Waals surface area contributed by atoms with E-state index in [4.69, 9.17) is 4.74 Å². The molecule has 0 saturated heterocycles. The minimum Gasteiger partial charge on any atom is -0.491 e. The topological polar surface area (TPSA) is 63.2 Å². The summed E-state index contributed by atoms with van der Waals surface area (Å²) in [5.74, 6) is 0.779. The van der Waals surface area contributed by atoms with Crippen LogP contribution in [0.4, 0.5) is 5.69 Å². The molecule has 0 spiro atoms. The molecule has 0 aliphatic carbocycles. The van der Waals surface area contributed by atoms with E-state index in [1.807, 2.05) is 30.3 Å². The van der Waals surface area contributed by atoms with E-state index in [0.717, 1.165) is 30.0 Å². The van der Waals surface area contributed by atoms with Crippen LogP contribution < -0.4 is 15.4 Å². The summed E-state index contributed by atoms with van der Waals surface area (Å²) in [6, 6.07) is 11.5. The number of carbonyl (C=O) groups is 1. The van der Waals surface area contributed by atoms with Gasteiger partial charge in [-0.15, -0.1) is 0 Å². The molecule has 112 valence electrons. The number of carbonyl (C=O) groups excluding carboxylic acids is 1. The highest BCUT2D eigenvalue weighted by Crippen LogP contribution is 2.30. The SMILES string of the molecule is O=C(NC1CCOc2cccnc21)C1Cc2ccccc2N1. The first-order valence-corrected chi connectivity index (χ1v) is 7.54. The van der Waals surface area contributed by atoms with E-state index in [2.05, 4.69) is 21.7 Å². The number of nitrogens with one attached hydrogen (secondary N) is 2. The molecule has 2 aliphatic rings. The van der Waals surface area contributed by atoms with E-state index < -0.39 is 0 Å². The second kappa shape index (κ2) is 5.33. The summed E-state index contributed by atoms with van der Waals surface area (Å²) in [6.45, 7) is 0.599. The first-order valence-electron chi connectivity index (χ1n) is 7.54. The van der Waals surface area contributed by atoms with Gasteiger partial charge in [0, 0.05) is 24.7 Å². The van der Waals surface area contributed by atoms with Crippen LogP contribution in [-0.2, 0) is 11.2 Å². The fourth-order valence-electron chi connectivity index (χ4n) is 3.08. The van der Waals surface area contributed by atoms with Crippen LogP contribution in [0.1, 0.15) is 23.7 Å². The summed E-state index contributed by atoms with van der Waals surface area (Å²) in [4.78, 5) is 16.9. The van der Waals surface area contributed by atoms with Crippen molar-refractivity contribution in [3.05, 3.63) is 53.9 Å². The van der Waals surface area contributed by atoms with Gasteiger partial charge in [0.15, 0.2) is 0 Å². The number of hydrogen-bond acceptors (Lipinski definition) is 4. The van der Waals surface area contributed by atoms with Gasteiger partial charge in [-0.1, -0.05) is 18.2 Å². The summed E-state index contributed by atoms with van der Waals surface area (Å²) in [6.07, 6.45) is 3.20. The van der Waals surface area contributed by atoms with Crippen molar-refractivity contribution in [2.24, 2.45) is 0 Å². The van der Waals surface area contributed by atoms with Gasteiger partial charge in [-0.3, -0.25) is 9.78 Å². The fraction of sp³-hybridized carbons (Fsp3) is 0.294. The van der Waals surface area contributed by atoms with Crippen LogP contribution in [0.2, 0.25) is 0 Å². The van der Waals surface area contributed by atoms with Gasteiger partial charge in [-0.2, -0.15) is 0 Å². The molecule has 0 fully saturated rings. The third-order valence-electron chi connectivity index (χ3n) is 4.20. The maximum atomic E-state index is 12.5. The number of amides is 1. The molecule has 2 atom stereocenters. The molecule has 2 aromatic rings. The number of hydrogen-bond donors (Lipinski definition) is 2. The Labute approximate surface area is 128 Å². The van der Waals surface area contributed by atoms with Gasteiger partial charge < -0.3 is 15.4 Å². The Morgan fingerprint density at radius 2 is 2.18 bits per heavy atom. The molecule has 5 nitrogen and oxygen atoms in total. The number of anilines is 1. The molecular weight excluding hydrogens is 278 g/mol. The Hall–Kier alpha value is -2.56. The smallest absolute Gasteiger partial charge is 0.243 e. The van der Waals surface area contributed by atoms with Crippen molar-refractivity contribution in [1.29, 1.82) is 0 Å². The number of fused-ring (bicyclic) bond motifs is 2. The quantitative estimate of drug-likeness (QED) is 0.890. The highest BCUT2D eigenvalue weighted by atomic mass is 16.5. The van der Waals surface area contributed by atoms with Crippen molar-refractivity contribution in [3.63, 3.8) is 0 Å². The molecule has 4 rings (SSSR count). The predicted molar refractivity (Wildman–Crippen MR) is 82.8 cm³/mol. The molecule has 0 saturated carbocycles. The van der Waals surface area contributed by atoms with Crippen molar-refractivity contribution in [1.82, 2.24) is 10.3 Å². The van der Waals surface area contributed by atoms with Gasteiger partial charge in [-0.05, 0) is 23.8 Å². The Kier molecular flexibility index (Phi) is 3.18. The molecule has 22 heavy (non-hydrogen) atoms. The largest absolute Gasteiger partial charge is 0.491 e. The van der Waals surface area contributed by atoms with E-state index in [1.165, 1.54) is 5.56 Å². The van der Waals surface area contributed by atoms with Gasteiger partial charge in [0.05, 0.1) is 12.6 Å². The zero-order chi connectivity index (χ0) is 14.9. The number of rotatable bonds is 2. The molecule has 0 radical (unpaired) electrons. The summed E-state index contributed by atoms with van der Waals surface area (Å²) >= 11 is 0. The molecule has 0 bridgehead atoms. The number of benzene rings is 1. The standard InChI is InChI=1S/C17H17N3O2/c21-17(14-10-11-4-1-2-5-12(11)19-14)20-13-7-9-22-15-6-3-8-18-16(13)15/h1-6,8,13-14,19H,7,9-10H2,(H,20,21). The van der Waals surface area contributed by atoms with E-state index in [0.29, 0.717) is 6.61 Å². The summed E-state index contributed by atoms with van der Waals surface area (Å²) in [7, 11) is 0. The van der Waals surface area contributed by atoms with Crippen LogP contribution in [0.3, 0.4) is 0 Å². The number of para-hydroxylation sites is 1. The lowest BCUT2D eigenvalue weighted by atomic mass is 10.0. The third kappa shape index (κ3) is 2.28. The second-order valence-electron chi connectivity index (χ2n) is 5.64. The van der Waals surface area contributed by atoms with E-state index >= 15 is 0 Å². The number of nitrogens with zero attached hydrogens (tertiary/aromatic N) is 1. The van der Waals surface area contributed by atoms with Crippen molar-refractivity contribution in [2.45, 2.75) is 24.9 Å². The molecule has 1 aromatic carbocycles. The predicted octanol–water partition coefficient (Wildman–Crippen LogP) is 2.06. The normalized spacial score (nSPS) is 22.0. The number of ether oxygens (including phenoxy) is 1. The van der Waals surface area contributed by atoms with Crippen LogP contribution in [0.25, 0.3) is 0 Å². The maximum Gasteiger partial charge on any atom is 0.243 e. The van der Waals surface area contributed by atoms with Crippen molar-refractivity contribution < 1.29 is 9.53 Å². The molecule has 1 aromatic heterocycles. The average Bonchev–Trinajstić information content (AvgIpc) is 2.99.